The second kappa shape index (κ2) is 8.46. The number of hydrogen-bond donors (Lipinski definition) is 1. The molecule has 0 radical (unpaired) electrons. The molecule has 1 aromatic rings. The lowest BCUT2D eigenvalue weighted by Gasteiger charge is -2.28. The van der Waals surface area contributed by atoms with E-state index in [2.05, 4.69) is 71.1 Å². The van der Waals surface area contributed by atoms with Gasteiger partial charge in [-0.1, -0.05) is 65.8 Å². The van der Waals surface area contributed by atoms with Gasteiger partial charge in [0.15, 0.2) is 0 Å². The number of nitrogens with one attached hydrogen (secondary N) is 1. The van der Waals surface area contributed by atoms with E-state index in [9.17, 15) is 0 Å². The molecule has 0 amide bonds. The number of benzene rings is 1. The van der Waals surface area contributed by atoms with E-state index in [0.29, 0.717) is 17.9 Å². The van der Waals surface area contributed by atoms with Gasteiger partial charge in [0, 0.05) is 6.04 Å². The van der Waals surface area contributed by atoms with E-state index in [-0.39, 0.29) is 0 Å². The normalized spacial score (nSPS) is 14.8. The van der Waals surface area contributed by atoms with Crippen LogP contribution in [0, 0.1) is 17.8 Å². The SMILES string of the molecule is CCCNC(c1ccc(CC(C)C)cc1)C(C)C(C)C. The van der Waals surface area contributed by atoms with Gasteiger partial charge in [-0.25, -0.2) is 0 Å². The van der Waals surface area contributed by atoms with Gasteiger partial charge in [0.1, 0.15) is 0 Å². The molecular weight excluding hydrogens is 242 g/mol. The van der Waals surface area contributed by atoms with Crippen LogP contribution in [0.2, 0.25) is 0 Å². The van der Waals surface area contributed by atoms with Crippen LogP contribution in [-0.4, -0.2) is 6.54 Å². The molecule has 0 aromatic heterocycles. The van der Waals surface area contributed by atoms with Gasteiger partial charge >= 0.3 is 0 Å². The minimum atomic E-state index is 0.475. The van der Waals surface area contributed by atoms with Gasteiger partial charge in [-0.15, -0.1) is 0 Å². The molecule has 114 valence electrons. The minimum absolute atomic E-state index is 0.475. The fraction of sp³-hybridized carbons (Fsp3) is 0.684. The summed E-state index contributed by atoms with van der Waals surface area (Å²) in [5, 5.41) is 3.73. The Balaban J connectivity index is 2.84. The predicted molar refractivity (Wildman–Crippen MR) is 90.0 cm³/mol. The lowest BCUT2D eigenvalue weighted by atomic mass is 9.85. The molecule has 1 N–H and O–H groups in total. The molecule has 1 aromatic carbocycles. The molecule has 1 rings (SSSR count). The third-order valence-electron chi connectivity index (χ3n) is 4.17. The molecule has 20 heavy (non-hydrogen) atoms. The summed E-state index contributed by atoms with van der Waals surface area (Å²) in [6, 6.07) is 9.74. The lowest BCUT2D eigenvalue weighted by molar-refractivity contribution is 0.304. The van der Waals surface area contributed by atoms with E-state index < -0.39 is 0 Å². The summed E-state index contributed by atoms with van der Waals surface area (Å²) in [7, 11) is 0. The molecule has 0 aliphatic heterocycles. The van der Waals surface area contributed by atoms with Crippen LogP contribution < -0.4 is 5.32 Å². The second-order valence-electron chi connectivity index (χ2n) is 6.87. The Kier molecular flexibility index (Phi) is 7.29. The minimum Gasteiger partial charge on any atom is -0.310 e. The Bertz CT molecular complexity index is 364. The van der Waals surface area contributed by atoms with Gasteiger partial charge in [0.25, 0.3) is 0 Å². The molecule has 2 atom stereocenters. The van der Waals surface area contributed by atoms with Crippen molar-refractivity contribution < 1.29 is 0 Å². The summed E-state index contributed by atoms with van der Waals surface area (Å²) in [6.07, 6.45) is 2.36. The lowest BCUT2D eigenvalue weighted by Crippen LogP contribution is -2.30. The number of rotatable bonds is 8. The van der Waals surface area contributed by atoms with E-state index >= 15 is 0 Å². The average molecular weight is 275 g/mol. The average Bonchev–Trinajstić information content (AvgIpc) is 2.40. The van der Waals surface area contributed by atoms with Crippen LogP contribution >= 0.6 is 0 Å². The summed E-state index contributed by atoms with van der Waals surface area (Å²) >= 11 is 0. The third kappa shape index (κ3) is 5.28. The maximum atomic E-state index is 3.73. The van der Waals surface area contributed by atoms with Crippen LogP contribution in [0.5, 0.6) is 0 Å². The first-order valence-electron chi connectivity index (χ1n) is 8.27. The molecule has 0 spiro atoms. The summed E-state index contributed by atoms with van der Waals surface area (Å²) in [5.74, 6) is 2.07. The van der Waals surface area contributed by atoms with Crippen molar-refractivity contribution in [3.63, 3.8) is 0 Å². The van der Waals surface area contributed by atoms with E-state index in [4.69, 9.17) is 0 Å². The van der Waals surface area contributed by atoms with Crippen molar-refractivity contribution >= 4 is 0 Å². The molecule has 0 heterocycles. The zero-order valence-corrected chi connectivity index (χ0v) is 14.2. The Morgan fingerprint density at radius 2 is 1.55 bits per heavy atom. The molecule has 0 bridgehead atoms. The van der Waals surface area contributed by atoms with Crippen LogP contribution in [-0.2, 0) is 6.42 Å². The summed E-state index contributed by atoms with van der Waals surface area (Å²) < 4.78 is 0. The summed E-state index contributed by atoms with van der Waals surface area (Å²) in [6.45, 7) is 14.9. The smallest absolute Gasteiger partial charge is 0.0348 e. The Morgan fingerprint density at radius 3 is 2.00 bits per heavy atom. The van der Waals surface area contributed by atoms with Gasteiger partial charge in [0.05, 0.1) is 0 Å². The highest BCUT2D eigenvalue weighted by Gasteiger charge is 2.21. The van der Waals surface area contributed by atoms with Crippen molar-refractivity contribution in [3.05, 3.63) is 35.4 Å². The zero-order chi connectivity index (χ0) is 15.1. The first kappa shape index (κ1) is 17.2. The highest BCUT2D eigenvalue weighted by molar-refractivity contribution is 5.26. The van der Waals surface area contributed by atoms with Gasteiger partial charge < -0.3 is 5.32 Å². The second-order valence-corrected chi connectivity index (χ2v) is 6.87. The van der Waals surface area contributed by atoms with E-state index in [0.717, 1.165) is 12.5 Å². The molecule has 0 fully saturated rings. The van der Waals surface area contributed by atoms with Crippen molar-refractivity contribution in [2.24, 2.45) is 17.8 Å². The molecule has 0 aliphatic carbocycles. The highest BCUT2D eigenvalue weighted by Crippen LogP contribution is 2.28. The van der Waals surface area contributed by atoms with Gasteiger partial charge in [-0.05, 0) is 48.3 Å². The van der Waals surface area contributed by atoms with Crippen LogP contribution in [0.3, 0.4) is 0 Å². The molecule has 2 unspecified atom stereocenters. The van der Waals surface area contributed by atoms with Crippen molar-refractivity contribution in [2.75, 3.05) is 6.54 Å². The fourth-order valence-electron chi connectivity index (χ4n) is 2.62. The first-order valence-corrected chi connectivity index (χ1v) is 8.27. The monoisotopic (exact) mass is 275 g/mol. The molecule has 0 saturated heterocycles. The zero-order valence-electron chi connectivity index (χ0n) is 14.2. The largest absolute Gasteiger partial charge is 0.310 e. The van der Waals surface area contributed by atoms with Gasteiger partial charge in [-0.3, -0.25) is 0 Å². The van der Waals surface area contributed by atoms with Crippen molar-refractivity contribution in [2.45, 2.75) is 60.4 Å². The van der Waals surface area contributed by atoms with Gasteiger partial charge in [-0.2, -0.15) is 0 Å². The van der Waals surface area contributed by atoms with Crippen LogP contribution in [0.25, 0.3) is 0 Å². The van der Waals surface area contributed by atoms with Crippen molar-refractivity contribution in [1.29, 1.82) is 0 Å². The third-order valence-corrected chi connectivity index (χ3v) is 4.17. The maximum absolute atomic E-state index is 3.73. The molecule has 1 heteroatoms. The molecule has 0 aliphatic rings. The summed E-state index contributed by atoms with van der Waals surface area (Å²) in [5.41, 5.74) is 2.89. The van der Waals surface area contributed by atoms with Crippen LogP contribution in [0.15, 0.2) is 24.3 Å². The quantitative estimate of drug-likeness (QED) is 0.686. The highest BCUT2D eigenvalue weighted by atomic mass is 14.9. The van der Waals surface area contributed by atoms with Gasteiger partial charge in [0.2, 0.25) is 0 Å². The van der Waals surface area contributed by atoms with Crippen molar-refractivity contribution in [3.8, 4) is 0 Å². The Morgan fingerprint density at radius 1 is 0.950 bits per heavy atom. The molecular formula is C19H33N. The van der Waals surface area contributed by atoms with E-state index in [1.54, 1.807) is 0 Å². The molecule has 1 nitrogen and oxygen atoms in total. The number of hydrogen-bond acceptors (Lipinski definition) is 1. The van der Waals surface area contributed by atoms with Crippen LogP contribution in [0.4, 0.5) is 0 Å². The molecule has 0 saturated carbocycles. The Hall–Kier alpha value is -0.820. The fourth-order valence-corrected chi connectivity index (χ4v) is 2.62. The maximum Gasteiger partial charge on any atom is 0.0348 e. The standard InChI is InChI=1S/C19H33N/c1-7-12-20-19(16(6)15(4)5)18-10-8-17(9-11-18)13-14(2)3/h8-11,14-16,19-20H,7,12-13H2,1-6H3. The topological polar surface area (TPSA) is 12.0 Å². The first-order chi connectivity index (χ1) is 9.45. The van der Waals surface area contributed by atoms with Crippen LogP contribution in [0.1, 0.15) is 65.1 Å². The van der Waals surface area contributed by atoms with E-state index in [1.165, 1.54) is 24.0 Å². The van der Waals surface area contributed by atoms with Crippen molar-refractivity contribution in [1.82, 2.24) is 5.32 Å². The van der Waals surface area contributed by atoms with E-state index in [1.807, 2.05) is 0 Å². The summed E-state index contributed by atoms with van der Waals surface area (Å²) in [4.78, 5) is 0. The Labute approximate surface area is 126 Å². The predicted octanol–water partition coefficient (Wildman–Crippen LogP) is 5.22.